The van der Waals surface area contributed by atoms with Crippen LogP contribution in [0.5, 0.6) is 11.5 Å². The first-order chi connectivity index (χ1) is 13.5. The minimum absolute atomic E-state index is 0.0475. The Kier molecular flexibility index (Phi) is 8.67. The van der Waals surface area contributed by atoms with E-state index in [-0.39, 0.29) is 36.5 Å². The molecule has 2 atom stereocenters. The average molecular weight is 394 g/mol. The largest absolute Gasteiger partial charge is 0.494 e. The minimum atomic E-state index is -0.429. The molecule has 0 amide bonds. The Morgan fingerprint density at radius 2 is 1.32 bits per heavy atom. The van der Waals surface area contributed by atoms with Crippen LogP contribution in [0.3, 0.4) is 0 Å². The zero-order valence-electron chi connectivity index (χ0n) is 16.3. The van der Waals surface area contributed by atoms with Gasteiger partial charge in [-0.3, -0.25) is 0 Å². The van der Waals surface area contributed by atoms with Gasteiger partial charge in [0.25, 0.3) is 0 Å². The van der Waals surface area contributed by atoms with E-state index in [9.17, 15) is 19.0 Å². The predicted molar refractivity (Wildman–Crippen MR) is 104 cm³/mol. The highest BCUT2D eigenvalue weighted by Gasteiger charge is 2.23. The lowest BCUT2D eigenvalue weighted by Crippen LogP contribution is -2.24. The van der Waals surface area contributed by atoms with Crippen molar-refractivity contribution in [3.05, 3.63) is 59.2 Å². The van der Waals surface area contributed by atoms with Crippen LogP contribution < -0.4 is 9.47 Å². The van der Waals surface area contributed by atoms with E-state index < -0.39 is 11.6 Å². The monoisotopic (exact) mass is 394 g/mol. The maximum absolute atomic E-state index is 13.7. The molecule has 2 aromatic rings. The second kappa shape index (κ2) is 11.0. The van der Waals surface area contributed by atoms with Crippen molar-refractivity contribution in [3.8, 4) is 11.5 Å². The Hall–Kier alpha value is -2.18. The van der Waals surface area contributed by atoms with Gasteiger partial charge in [-0.2, -0.15) is 0 Å². The van der Waals surface area contributed by atoms with E-state index in [4.69, 9.17) is 9.47 Å². The zero-order chi connectivity index (χ0) is 20.5. The summed E-state index contributed by atoms with van der Waals surface area (Å²) in [6.07, 6.45) is 2.47. The van der Waals surface area contributed by atoms with Gasteiger partial charge in [0.1, 0.15) is 0 Å². The van der Waals surface area contributed by atoms with Crippen LogP contribution >= 0.6 is 0 Å². The first-order valence-electron chi connectivity index (χ1n) is 9.38. The van der Waals surface area contributed by atoms with Crippen LogP contribution in [-0.4, -0.2) is 37.6 Å². The summed E-state index contributed by atoms with van der Waals surface area (Å²) in [5.74, 6) is -0.537. The van der Waals surface area contributed by atoms with Crippen LogP contribution in [-0.2, 0) is 12.8 Å². The number of hydrogen-bond acceptors (Lipinski definition) is 4. The standard InChI is InChI=1S/C22H28F2O4/c1-27-21-12-15(5-7-19(21)23)10-17(4-3-9-25)18(14-26)11-16-6-8-20(24)22(13-16)28-2/h5-8,12-13,17-18,25-26H,3-4,9-11,14H2,1-2H3/t17-,18+/m0/s1. The summed E-state index contributed by atoms with van der Waals surface area (Å²) >= 11 is 0. The van der Waals surface area contributed by atoms with E-state index in [0.29, 0.717) is 25.7 Å². The molecule has 0 unspecified atom stereocenters. The highest BCUT2D eigenvalue weighted by atomic mass is 19.1. The Bertz CT molecular complexity index is 751. The third-order valence-electron chi connectivity index (χ3n) is 5.06. The molecule has 0 bridgehead atoms. The van der Waals surface area contributed by atoms with Crippen LogP contribution in [0.15, 0.2) is 36.4 Å². The number of hydrogen-bond donors (Lipinski definition) is 2. The number of halogens is 2. The van der Waals surface area contributed by atoms with Crippen molar-refractivity contribution in [1.82, 2.24) is 0 Å². The van der Waals surface area contributed by atoms with Crippen LogP contribution in [0.4, 0.5) is 8.78 Å². The summed E-state index contributed by atoms with van der Waals surface area (Å²) in [6, 6.07) is 9.43. The Morgan fingerprint density at radius 3 is 1.75 bits per heavy atom. The second-order valence-electron chi connectivity index (χ2n) is 6.91. The molecule has 2 aromatic carbocycles. The van der Waals surface area contributed by atoms with Gasteiger partial charge in [0, 0.05) is 13.2 Å². The third-order valence-corrected chi connectivity index (χ3v) is 5.06. The smallest absolute Gasteiger partial charge is 0.165 e. The maximum atomic E-state index is 13.7. The van der Waals surface area contributed by atoms with Gasteiger partial charge in [-0.15, -0.1) is 0 Å². The summed E-state index contributed by atoms with van der Waals surface area (Å²) < 4.78 is 37.4. The van der Waals surface area contributed by atoms with Gasteiger partial charge in [0.2, 0.25) is 0 Å². The number of aliphatic hydroxyl groups excluding tert-OH is 2. The van der Waals surface area contributed by atoms with Crippen molar-refractivity contribution in [2.24, 2.45) is 11.8 Å². The van der Waals surface area contributed by atoms with E-state index in [2.05, 4.69) is 0 Å². The molecule has 0 saturated carbocycles. The summed E-state index contributed by atoms with van der Waals surface area (Å²) in [7, 11) is 2.83. The molecule has 2 rings (SSSR count). The molecule has 0 heterocycles. The molecule has 28 heavy (non-hydrogen) atoms. The van der Waals surface area contributed by atoms with Gasteiger partial charge >= 0.3 is 0 Å². The van der Waals surface area contributed by atoms with Crippen molar-refractivity contribution < 1.29 is 28.5 Å². The SMILES string of the molecule is COc1cc(C[C@H](CO)[C@@H](CCCO)Cc2ccc(F)c(OC)c2)ccc1F. The zero-order valence-corrected chi connectivity index (χ0v) is 16.3. The Morgan fingerprint density at radius 1 is 0.821 bits per heavy atom. The molecule has 0 aliphatic heterocycles. The van der Waals surface area contributed by atoms with Crippen molar-refractivity contribution in [2.45, 2.75) is 25.7 Å². The van der Waals surface area contributed by atoms with Crippen LogP contribution in [0, 0.1) is 23.5 Å². The van der Waals surface area contributed by atoms with Crippen LogP contribution in [0.2, 0.25) is 0 Å². The van der Waals surface area contributed by atoms with Gasteiger partial charge in [0.05, 0.1) is 14.2 Å². The highest BCUT2D eigenvalue weighted by Crippen LogP contribution is 2.29. The topological polar surface area (TPSA) is 58.9 Å². The van der Waals surface area contributed by atoms with Crippen LogP contribution in [0.1, 0.15) is 24.0 Å². The van der Waals surface area contributed by atoms with Crippen molar-refractivity contribution in [3.63, 3.8) is 0 Å². The molecular weight excluding hydrogens is 366 g/mol. The summed E-state index contributed by atoms with van der Waals surface area (Å²) in [5.41, 5.74) is 1.76. The molecule has 4 nitrogen and oxygen atoms in total. The molecule has 6 heteroatoms. The third kappa shape index (κ3) is 5.91. The Labute approximate surface area is 164 Å². The minimum Gasteiger partial charge on any atom is -0.494 e. The summed E-state index contributed by atoms with van der Waals surface area (Å²) in [5, 5.41) is 19.3. The molecular formula is C22H28F2O4. The lowest BCUT2D eigenvalue weighted by Gasteiger charge is -2.26. The number of methoxy groups -OCH3 is 2. The lowest BCUT2D eigenvalue weighted by atomic mass is 9.80. The first kappa shape index (κ1) is 22.1. The number of rotatable bonds is 11. The Balaban J connectivity index is 2.21. The normalized spacial score (nSPS) is 13.2. The molecule has 0 radical (unpaired) electrons. The fraction of sp³-hybridized carbons (Fsp3) is 0.455. The molecule has 0 saturated heterocycles. The van der Waals surface area contributed by atoms with E-state index in [0.717, 1.165) is 11.1 Å². The highest BCUT2D eigenvalue weighted by molar-refractivity contribution is 5.32. The van der Waals surface area contributed by atoms with Gasteiger partial charge in [-0.25, -0.2) is 8.78 Å². The molecule has 2 N–H and O–H groups in total. The number of aliphatic hydroxyl groups is 2. The van der Waals surface area contributed by atoms with E-state index in [1.807, 2.05) is 0 Å². The fourth-order valence-electron chi connectivity index (χ4n) is 3.51. The lowest BCUT2D eigenvalue weighted by molar-refractivity contribution is 0.158. The molecule has 0 aliphatic rings. The van der Waals surface area contributed by atoms with Crippen LogP contribution in [0.25, 0.3) is 0 Å². The van der Waals surface area contributed by atoms with Gasteiger partial charge in [-0.1, -0.05) is 12.1 Å². The molecule has 154 valence electrons. The summed E-state index contributed by atoms with van der Waals surface area (Å²) in [6.45, 7) is 0.0138. The molecule has 0 aliphatic carbocycles. The fourth-order valence-corrected chi connectivity index (χ4v) is 3.51. The van der Waals surface area contributed by atoms with Gasteiger partial charge in [0.15, 0.2) is 23.1 Å². The second-order valence-corrected chi connectivity index (χ2v) is 6.91. The number of benzene rings is 2. The predicted octanol–water partition coefficient (Wildman–Crippen LogP) is 3.76. The first-order valence-corrected chi connectivity index (χ1v) is 9.38. The van der Waals surface area contributed by atoms with Crippen molar-refractivity contribution >= 4 is 0 Å². The average Bonchev–Trinajstić information content (AvgIpc) is 2.71. The van der Waals surface area contributed by atoms with Crippen molar-refractivity contribution in [2.75, 3.05) is 27.4 Å². The maximum Gasteiger partial charge on any atom is 0.165 e. The van der Waals surface area contributed by atoms with Gasteiger partial charge < -0.3 is 19.7 Å². The van der Waals surface area contributed by atoms with Crippen molar-refractivity contribution in [1.29, 1.82) is 0 Å². The van der Waals surface area contributed by atoms with E-state index >= 15 is 0 Å². The van der Waals surface area contributed by atoms with Gasteiger partial charge in [-0.05, 0) is 72.9 Å². The summed E-state index contributed by atoms with van der Waals surface area (Å²) in [4.78, 5) is 0. The van der Waals surface area contributed by atoms with E-state index in [1.165, 1.54) is 26.4 Å². The quantitative estimate of drug-likeness (QED) is 0.609. The molecule has 0 fully saturated rings. The number of ether oxygens (including phenoxy) is 2. The molecule has 0 aromatic heterocycles. The van der Waals surface area contributed by atoms with E-state index in [1.54, 1.807) is 24.3 Å². The molecule has 0 spiro atoms.